The van der Waals surface area contributed by atoms with Crippen LogP contribution < -0.4 is 23.7 Å². The highest BCUT2D eigenvalue weighted by Crippen LogP contribution is 2.23. The van der Waals surface area contributed by atoms with Gasteiger partial charge in [0, 0.05) is 24.5 Å². The second kappa shape index (κ2) is 67.6. The summed E-state index contributed by atoms with van der Waals surface area (Å²) in [6, 6.07) is 84.6. The molecular formula is C100H135F5O5S5. The average molecular weight is 1670 g/mol. The molecule has 0 aliphatic heterocycles. The Kier molecular flexibility index (Phi) is 62.1. The van der Waals surface area contributed by atoms with Gasteiger partial charge in [-0.05, 0) is 273 Å². The molecule has 0 amide bonds. The Morgan fingerprint density at radius 1 is 0.157 bits per heavy atom. The molecule has 0 unspecified atom stereocenters. The van der Waals surface area contributed by atoms with E-state index in [1.165, 1.54) is 152 Å². The highest BCUT2D eigenvalue weighted by atomic mass is 32.1. The molecule has 10 aromatic carbocycles. The third-order valence-electron chi connectivity index (χ3n) is 19.1. The first-order valence-electron chi connectivity index (χ1n) is 41.4. The lowest BCUT2D eigenvalue weighted by Crippen LogP contribution is -1.97. The minimum absolute atomic E-state index is 0. The van der Waals surface area contributed by atoms with Gasteiger partial charge in [-0.15, -0.1) is 63.1 Å². The van der Waals surface area contributed by atoms with Gasteiger partial charge in [0.25, 0.3) is 0 Å². The molecule has 15 heteroatoms. The van der Waals surface area contributed by atoms with E-state index in [0.29, 0.717) is 0 Å². The topological polar surface area (TPSA) is 46.2 Å². The standard InChI is InChI=1S/5C20H26OS.5FH/c5*1-2-3-4-5-16-21-19-12-8-17(9-13-19)6-7-18-10-14-20(22)15-11-18;;;;;/h5*8-15,22H,2-7,16H2,1H3;5*1H. The molecule has 0 spiro atoms. The van der Waals surface area contributed by atoms with Crippen molar-refractivity contribution in [2.24, 2.45) is 0 Å². The molecule has 115 heavy (non-hydrogen) atoms. The van der Waals surface area contributed by atoms with E-state index in [0.717, 1.165) is 183 Å². The summed E-state index contributed by atoms with van der Waals surface area (Å²) >= 11 is 21.6. The van der Waals surface area contributed by atoms with Crippen LogP contribution >= 0.6 is 63.1 Å². The largest absolute Gasteiger partial charge is 0.494 e. The lowest BCUT2D eigenvalue weighted by atomic mass is 10.0. The van der Waals surface area contributed by atoms with Gasteiger partial charge in [-0.3, -0.25) is 23.5 Å². The molecule has 0 saturated heterocycles. The number of hydrogen-bond acceptors (Lipinski definition) is 10. The fourth-order valence-corrected chi connectivity index (χ4v) is 12.9. The molecule has 0 radical (unpaired) electrons. The van der Waals surface area contributed by atoms with E-state index in [1.54, 1.807) is 0 Å². The number of hydrogen-bond donors (Lipinski definition) is 5. The lowest BCUT2D eigenvalue weighted by molar-refractivity contribution is 0.305. The van der Waals surface area contributed by atoms with Gasteiger partial charge in [0.05, 0.1) is 33.0 Å². The van der Waals surface area contributed by atoms with Crippen LogP contribution in [0.15, 0.2) is 267 Å². The zero-order chi connectivity index (χ0) is 78.1. The summed E-state index contributed by atoms with van der Waals surface area (Å²) in [5.41, 5.74) is 13.6. The van der Waals surface area contributed by atoms with Crippen LogP contribution in [0, 0.1) is 0 Å². The molecule has 0 saturated carbocycles. The molecule has 0 atom stereocenters. The Morgan fingerprint density at radius 2 is 0.270 bits per heavy atom. The maximum Gasteiger partial charge on any atom is 0.119 e. The molecule has 10 rings (SSSR count). The van der Waals surface area contributed by atoms with Crippen LogP contribution in [0.5, 0.6) is 28.7 Å². The van der Waals surface area contributed by atoms with Gasteiger partial charge in [0.15, 0.2) is 0 Å². The lowest BCUT2D eigenvalue weighted by Gasteiger charge is -2.07. The first kappa shape index (κ1) is 106. The Bertz CT molecular complexity index is 3280. The highest BCUT2D eigenvalue weighted by molar-refractivity contribution is 7.81. The molecule has 10 aromatic rings. The normalized spacial score (nSPS) is 10.2. The van der Waals surface area contributed by atoms with Crippen molar-refractivity contribution in [2.75, 3.05) is 33.0 Å². The SMILES string of the molecule is CCCCCCOc1ccc(CCc2ccc(S)cc2)cc1.CCCCCCOc1ccc(CCc2ccc(S)cc2)cc1.CCCCCCOc1ccc(CCc2ccc(S)cc2)cc1.CCCCCCOc1ccc(CCc2ccc(S)cc2)cc1.CCCCCCOc1ccc(CCc2ccc(S)cc2)cc1.F.F.F.F.F. The fraction of sp³-hybridized carbons (Fsp3) is 0.400. The van der Waals surface area contributed by atoms with Crippen LogP contribution in [0.25, 0.3) is 0 Å². The molecule has 0 aliphatic rings. The summed E-state index contributed by atoms with van der Waals surface area (Å²) < 4.78 is 28.9. The zero-order valence-corrected chi connectivity index (χ0v) is 73.6. The third kappa shape index (κ3) is 50.1. The first-order valence-corrected chi connectivity index (χ1v) is 43.6. The van der Waals surface area contributed by atoms with Crippen molar-refractivity contribution in [2.45, 2.75) is 252 Å². The van der Waals surface area contributed by atoms with E-state index in [-0.39, 0.29) is 23.5 Å². The van der Waals surface area contributed by atoms with Crippen molar-refractivity contribution in [3.05, 3.63) is 298 Å². The fourth-order valence-electron chi connectivity index (χ4n) is 12.1. The summed E-state index contributed by atoms with van der Waals surface area (Å²) in [7, 11) is 0. The quantitative estimate of drug-likeness (QED) is 0.0150. The van der Waals surface area contributed by atoms with Crippen LogP contribution in [-0.4, -0.2) is 33.0 Å². The Labute approximate surface area is 717 Å². The number of thiol groups is 5. The van der Waals surface area contributed by atoms with E-state index in [2.05, 4.69) is 280 Å². The average Bonchev–Trinajstić information content (AvgIpc) is 0.912. The van der Waals surface area contributed by atoms with E-state index >= 15 is 0 Å². The van der Waals surface area contributed by atoms with Crippen molar-refractivity contribution in [1.29, 1.82) is 0 Å². The number of unbranched alkanes of at least 4 members (excludes halogenated alkanes) is 15. The molecule has 0 bridgehead atoms. The Balaban J connectivity index is 0.000000711. The maximum absolute atomic E-state index is 5.78. The van der Waals surface area contributed by atoms with E-state index in [9.17, 15) is 0 Å². The minimum atomic E-state index is 0. The number of halogens is 5. The summed E-state index contributed by atoms with van der Waals surface area (Å²) in [5, 5.41) is 0. The van der Waals surface area contributed by atoms with Gasteiger partial charge in [0.2, 0.25) is 0 Å². The minimum Gasteiger partial charge on any atom is -0.494 e. The predicted molar refractivity (Wildman–Crippen MR) is 498 cm³/mol. The summed E-state index contributed by atoms with van der Waals surface area (Å²) in [6.45, 7) is 15.3. The van der Waals surface area contributed by atoms with Crippen LogP contribution in [-0.2, 0) is 64.2 Å². The number of benzene rings is 10. The third-order valence-corrected chi connectivity index (χ3v) is 20.6. The van der Waals surface area contributed by atoms with Crippen molar-refractivity contribution < 1.29 is 47.2 Å². The van der Waals surface area contributed by atoms with Gasteiger partial charge in [-0.25, -0.2) is 0 Å². The van der Waals surface area contributed by atoms with E-state index in [1.807, 2.05) is 60.7 Å². The molecule has 0 N–H and O–H groups in total. The van der Waals surface area contributed by atoms with Gasteiger partial charge in [0.1, 0.15) is 28.7 Å². The van der Waals surface area contributed by atoms with Gasteiger partial charge in [-0.1, -0.05) is 252 Å². The molecule has 5 nitrogen and oxygen atoms in total. The van der Waals surface area contributed by atoms with Crippen LogP contribution in [0.2, 0.25) is 0 Å². The van der Waals surface area contributed by atoms with E-state index in [4.69, 9.17) is 23.7 Å². The number of rotatable bonds is 45. The molecule has 0 heterocycles. The molecule has 0 aromatic heterocycles. The predicted octanol–water partition coefficient (Wildman–Crippen LogP) is 29.4. The van der Waals surface area contributed by atoms with Crippen LogP contribution in [0.3, 0.4) is 0 Å². The summed E-state index contributed by atoms with van der Waals surface area (Å²) in [6.07, 6.45) is 35.5. The smallest absolute Gasteiger partial charge is 0.119 e. The van der Waals surface area contributed by atoms with Crippen molar-refractivity contribution >= 4 is 63.1 Å². The van der Waals surface area contributed by atoms with Crippen LogP contribution in [0.1, 0.15) is 219 Å². The summed E-state index contributed by atoms with van der Waals surface area (Å²) in [4.78, 5) is 5.09. The molecule has 0 aliphatic carbocycles. The van der Waals surface area contributed by atoms with Crippen molar-refractivity contribution in [3.8, 4) is 28.7 Å². The molecular weight excluding hydrogens is 1540 g/mol. The summed E-state index contributed by atoms with van der Waals surface area (Å²) in [5.74, 6) is 4.93. The van der Waals surface area contributed by atoms with Gasteiger partial charge >= 0.3 is 0 Å². The first-order chi connectivity index (χ1) is 53.9. The van der Waals surface area contributed by atoms with Gasteiger partial charge < -0.3 is 23.7 Å². The van der Waals surface area contributed by atoms with E-state index < -0.39 is 0 Å². The molecule has 630 valence electrons. The van der Waals surface area contributed by atoms with Crippen molar-refractivity contribution in [1.82, 2.24) is 0 Å². The second-order valence-corrected chi connectivity index (χ2v) is 31.2. The number of aryl methyl sites for hydroxylation is 10. The number of ether oxygens (including phenoxy) is 5. The second-order valence-electron chi connectivity index (χ2n) is 28.6. The highest BCUT2D eigenvalue weighted by Gasteiger charge is 2.06. The van der Waals surface area contributed by atoms with Gasteiger partial charge in [-0.2, -0.15) is 0 Å². The van der Waals surface area contributed by atoms with Crippen molar-refractivity contribution in [3.63, 3.8) is 0 Å². The Hall–Kier alpha value is -7.40. The maximum atomic E-state index is 5.78. The zero-order valence-electron chi connectivity index (χ0n) is 69.2. The molecule has 0 fully saturated rings. The monoisotopic (exact) mass is 1670 g/mol. The Morgan fingerprint density at radius 3 is 0.383 bits per heavy atom. The van der Waals surface area contributed by atoms with Crippen LogP contribution in [0.4, 0.5) is 23.5 Å².